The molecule has 132 valence electrons. The van der Waals surface area contributed by atoms with Gasteiger partial charge in [-0.1, -0.05) is 30.7 Å². The van der Waals surface area contributed by atoms with Gasteiger partial charge >= 0.3 is 6.18 Å². The first kappa shape index (κ1) is 17.6. The lowest BCUT2D eigenvalue weighted by molar-refractivity contribution is -0.147. The van der Waals surface area contributed by atoms with Crippen LogP contribution in [0.25, 0.3) is 0 Å². The molecule has 0 fully saturated rings. The summed E-state index contributed by atoms with van der Waals surface area (Å²) < 4.78 is 39.3. The molecule has 0 radical (unpaired) electrons. The van der Waals surface area contributed by atoms with E-state index in [0.717, 1.165) is 15.8 Å². The van der Waals surface area contributed by atoms with E-state index in [1.54, 1.807) is 6.07 Å². The zero-order valence-electron chi connectivity index (χ0n) is 13.5. The van der Waals surface area contributed by atoms with Crippen LogP contribution in [0, 0.1) is 5.92 Å². The molecule has 2 aromatic rings. The summed E-state index contributed by atoms with van der Waals surface area (Å²) in [5.41, 5.74) is 1.68. The topological polar surface area (TPSA) is 55.4 Å². The van der Waals surface area contributed by atoms with Crippen molar-refractivity contribution in [3.05, 3.63) is 46.5 Å². The van der Waals surface area contributed by atoms with Gasteiger partial charge in [0, 0.05) is 24.4 Å². The molecule has 9 heteroatoms. The van der Waals surface area contributed by atoms with Crippen LogP contribution in [0.5, 0.6) is 0 Å². The highest BCUT2D eigenvalue weighted by molar-refractivity contribution is 6.31. The van der Waals surface area contributed by atoms with Crippen LogP contribution in [0.15, 0.2) is 34.3 Å². The molecule has 0 N–H and O–H groups in total. The molecule has 0 spiro atoms. The molecule has 1 aliphatic rings. The van der Waals surface area contributed by atoms with E-state index < -0.39 is 12.0 Å². The molecule has 1 atom stereocenters. The molecule has 0 bridgehead atoms. The lowest BCUT2D eigenvalue weighted by Crippen LogP contribution is -2.17. The Morgan fingerprint density at radius 2 is 2.04 bits per heavy atom. The second kappa shape index (κ2) is 6.59. The Hall–Kier alpha value is -2.22. The van der Waals surface area contributed by atoms with E-state index in [-0.39, 0.29) is 18.2 Å². The fourth-order valence-corrected chi connectivity index (χ4v) is 2.80. The lowest BCUT2D eigenvalue weighted by Gasteiger charge is -2.10. The number of amidine groups is 1. The number of rotatable bonds is 4. The molecule has 0 saturated carbocycles. The van der Waals surface area contributed by atoms with Gasteiger partial charge in [0.2, 0.25) is 5.82 Å². The molecule has 5 nitrogen and oxygen atoms in total. The third kappa shape index (κ3) is 3.73. The summed E-state index contributed by atoms with van der Waals surface area (Å²) in [6.07, 6.45) is -4.25. The summed E-state index contributed by atoms with van der Waals surface area (Å²) in [5.74, 6) is -0.354. The van der Waals surface area contributed by atoms with Gasteiger partial charge in [0.05, 0.1) is 12.3 Å². The summed E-state index contributed by atoms with van der Waals surface area (Å²) in [5, 5.41) is 7.50. The predicted molar refractivity (Wildman–Crippen MR) is 89.2 cm³/mol. The summed E-state index contributed by atoms with van der Waals surface area (Å²) in [4.78, 5) is 8.90. The van der Waals surface area contributed by atoms with Crippen molar-refractivity contribution in [1.29, 1.82) is 0 Å². The summed E-state index contributed by atoms with van der Waals surface area (Å²) in [6, 6.07) is 7.31. The maximum absolute atomic E-state index is 12.8. The Morgan fingerprint density at radius 3 is 2.68 bits per heavy atom. The van der Waals surface area contributed by atoms with Crippen LogP contribution in [-0.2, 0) is 19.6 Å². The van der Waals surface area contributed by atoms with Crippen molar-refractivity contribution in [3.63, 3.8) is 0 Å². The average Bonchev–Trinajstić information content (AvgIpc) is 3.15. The van der Waals surface area contributed by atoms with Gasteiger partial charge < -0.3 is 4.57 Å². The first-order chi connectivity index (χ1) is 11.8. The highest BCUT2D eigenvalue weighted by Gasteiger charge is 2.37. The Kier molecular flexibility index (Phi) is 4.64. The van der Waals surface area contributed by atoms with Crippen molar-refractivity contribution in [1.82, 2.24) is 14.8 Å². The van der Waals surface area contributed by atoms with Gasteiger partial charge in [-0.25, -0.2) is 4.99 Å². The second-order valence-corrected chi connectivity index (χ2v) is 6.28. The molecule has 0 unspecified atom stereocenters. The van der Waals surface area contributed by atoms with Gasteiger partial charge in [0.25, 0.3) is 0 Å². The van der Waals surface area contributed by atoms with Crippen LogP contribution in [0.4, 0.5) is 13.2 Å². The quantitative estimate of drug-likeness (QED) is 0.827. The Balaban J connectivity index is 1.75. The van der Waals surface area contributed by atoms with Crippen LogP contribution in [0.1, 0.15) is 24.1 Å². The molecule has 0 amide bonds. The molecule has 25 heavy (non-hydrogen) atoms. The first-order valence-electron chi connectivity index (χ1n) is 7.59. The number of aromatic nitrogens is 3. The van der Waals surface area contributed by atoms with Crippen molar-refractivity contribution >= 4 is 23.1 Å². The van der Waals surface area contributed by atoms with E-state index in [1.807, 2.05) is 25.1 Å². The zero-order valence-corrected chi connectivity index (χ0v) is 14.3. The van der Waals surface area contributed by atoms with Crippen LogP contribution >= 0.6 is 11.6 Å². The van der Waals surface area contributed by atoms with Gasteiger partial charge in [0.15, 0.2) is 0 Å². The third-order valence-corrected chi connectivity index (χ3v) is 4.18. The average molecular weight is 370 g/mol. The molecule has 0 saturated heterocycles. The molecule has 1 aromatic carbocycles. The minimum absolute atomic E-state index is 0.180. The normalized spacial score (nSPS) is 15.9. The SMILES string of the molecule is C[C@@H](Cc1nnc(C(F)(F)F)n1C)C1=NCC(c2cccc(Cl)c2)=N1. The number of alkyl halides is 3. The van der Waals surface area contributed by atoms with Crippen molar-refractivity contribution in [2.75, 3.05) is 6.54 Å². The van der Waals surface area contributed by atoms with Crippen LogP contribution in [-0.4, -0.2) is 32.9 Å². The Bertz CT molecular complexity index is 854. The van der Waals surface area contributed by atoms with Gasteiger partial charge in [-0.2, -0.15) is 13.2 Å². The number of hydrogen-bond donors (Lipinski definition) is 0. The smallest absolute Gasteiger partial charge is 0.310 e. The maximum atomic E-state index is 12.8. The lowest BCUT2D eigenvalue weighted by atomic mass is 10.1. The minimum atomic E-state index is -4.52. The van der Waals surface area contributed by atoms with Gasteiger partial charge in [-0.15, -0.1) is 10.2 Å². The second-order valence-electron chi connectivity index (χ2n) is 5.85. The van der Waals surface area contributed by atoms with Crippen LogP contribution < -0.4 is 0 Å². The molecule has 0 aliphatic carbocycles. The van der Waals surface area contributed by atoms with Crippen LogP contribution in [0.3, 0.4) is 0 Å². The van der Waals surface area contributed by atoms with Gasteiger partial charge in [0.1, 0.15) is 11.7 Å². The van der Waals surface area contributed by atoms with E-state index in [4.69, 9.17) is 11.6 Å². The van der Waals surface area contributed by atoms with Crippen molar-refractivity contribution in [2.24, 2.45) is 23.0 Å². The van der Waals surface area contributed by atoms with Crippen molar-refractivity contribution < 1.29 is 13.2 Å². The number of benzene rings is 1. The molecular formula is C16H15ClF3N5. The number of halogens is 4. The fourth-order valence-electron chi connectivity index (χ4n) is 2.61. The number of nitrogens with zero attached hydrogens (tertiary/aromatic N) is 5. The summed E-state index contributed by atoms with van der Waals surface area (Å²) in [6.45, 7) is 2.28. The summed E-state index contributed by atoms with van der Waals surface area (Å²) in [7, 11) is 1.31. The summed E-state index contributed by atoms with van der Waals surface area (Å²) >= 11 is 5.98. The van der Waals surface area contributed by atoms with E-state index in [1.165, 1.54) is 7.05 Å². The first-order valence-corrected chi connectivity index (χ1v) is 7.97. The molecule has 3 rings (SSSR count). The molecule has 1 aromatic heterocycles. The largest absolute Gasteiger partial charge is 0.451 e. The number of aliphatic imine (C=N–C) groups is 2. The highest BCUT2D eigenvalue weighted by Crippen LogP contribution is 2.28. The molecule has 2 heterocycles. The van der Waals surface area contributed by atoms with Crippen LogP contribution in [0.2, 0.25) is 5.02 Å². The third-order valence-electron chi connectivity index (χ3n) is 3.95. The monoisotopic (exact) mass is 369 g/mol. The van der Waals surface area contributed by atoms with Crippen molar-refractivity contribution in [2.45, 2.75) is 19.5 Å². The Labute approximate surface area is 147 Å². The number of hydrogen-bond acceptors (Lipinski definition) is 4. The van der Waals surface area contributed by atoms with E-state index in [0.29, 0.717) is 17.4 Å². The predicted octanol–water partition coefficient (Wildman–Crippen LogP) is 3.57. The van der Waals surface area contributed by atoms with E-state index >= 15 is 0 Å². The van der Waals surface area contributed by atoms with Gasteiger partial charge in [-0.3, -0.25) is 4.99 Å². The van der Waals surface area contributed by atoms with Gasteiger partial charge in [-0.05, 0) is 17.7 Å². The highest BCUT2D eigenvalue weighted by atomic mass is 35.5. The molecule has 1 aliphatic heterocycles. The standard InChI is InChI=1S/C16H15ClF3N5/c1-9(6-13-23-24-15(25(13)2)16(18,19)20)14-21-8-12(22-14)10-4-3-5-11(17)7-10/h3-5,7,9H,6,8H2,1-2H3/t9-/m0/s1. The Morgan fingerprint density at radius 1 is 1.28 bits per heavy atom. The maximum Gasteiger partial charge on any atom is 0.451 e. The molecular weight excluding hydrogens is 355 g/mol. The van der Waals surface area contributed by atoms with Crippen molar-refractivity contribution in [3.8, 4) is 0 Å². The zero-order chi connectivity index (χ0) is 18.2. The van der Waals surface area contributed by atoms with E-state index in [2.05, 4.69) is 20.2 Å². The fraction of sp³-hybridized carbons (Fsp3) is 0.375. The minimum Gasteiger partial charge on any atom is -0.310 e. The van der Waals surface area contributed by atoms with E-state index in [9.17, 15) is 13.2 Å².